The van der Waals surface area contributed by atoms with Crippen LogP contribution in [0.25, 0.3) is 0 Å². The highest BCUT2D eigenvalue weighted by Gasteiger charge is 2.49. The predicted molar refractivity (Wildman–Crippen MR) is 79.8 cm³/mol. The Kier molecular flexibility index (Phi) is 4.43. The van der Waals surface area contributed by atoms with Crippen molar-refractivity contribution < 1.29 is 14.2 Å². The summed E-state index contributed by atoms with van der Waals surface area (Å²) in [5.41, 5.74) is 0.131. The van der Waals surface area contributed by atoms with Crippen LogP contribution < -0.4 is 19.5 Å². The summed E-state index contributed by atoms with van der Waals surface area (Å²) in [6.45, 7) is 7.61. The normalized spacial score (nSPS) is 23.9. The van der Waals surface area contributed by atoms with E-state index in [9.17, 15) is 0 Å². The predicted octanol–water partition coefficient (Wildman–Crippen LogP) is 2.86. The topological polar surface area (TPSA) is 39.7 Å². The molecule has 1 fully saturated rings. The Morgan fingerprint density at radius 1 is 1.10 bits per heavy atom. The summed E-state index contributed by atoms with van der Waals surface area (Å²) in [5, 5.41) is 3.50. The summed E-state index contributed by atoms with van der Waals surface area (Å²) in [4.78, 5) is 0. The Labute approximate surface area is 121 Å². The largest absolute Gasteiger partial charge is 0.496 e. The maximum atomic E-state index is 6.13. The molecule has 112 valence electrons. The minimum atomic E-state index is 0.131. The fourth-order valence-corrected chi connectivity index (χ4v) is 2.69. The second-order valence-electron chi connectivity index (χ2n) is 5.82. The van der Waals surface area contributed by atoms with Crippen molar-refractivity contribution in [2.45, 2.75) is 39.3 Å². The molecule has 20 heavy (non-hydrogen) atoms. The van der Waals surface area contributed by atoms with Crippen molar-refractivity contribution in [1.29, 1.82) is 0 Å². The Hall–Kier alpha value is -1.42. The molecule has 0 spiro atoms. The van der Waals surface area contributed by atoms with Crippen molar-refractivity contribution in [2.24, 2.45) is 5.41 Å². The zero-order valence-corrected chi connectivity index (χ0v) is 13.0. The first kappa shape index (κ1) is 15.0. The molecule has 0 amide bonds. The number of methoxy groups -OCH3 is 2. The smallest absolute Gasteiger partial charge is 0.127 e. The third-order valence-electron chi connectivity index (χ3n) is 4.23. The molecule has 1 saturated carbocycles. The summed E-state index contributed by atoms with van der Waals surface area (Å²) < 4.78 is 16.7. The van der Waals surface area contributed by atoms with Gasteiger partial charge in [0.15, 0.2) is 0 Å². The van der Waals surface area contributed by atoms with Gasteiger partial charge in [0.2, 0.25) is 0 Å². The van der Waals surface area contributed by atoms with Crippen molar-refractivity contribution in [3.63, 3.8) is 0 Å². The molecular weight excluding hydrogens is 254 g/mol. The molecule has 1 aromatic carbocycles. The molecule has 0 heterocycles. The lowest BCUT2D eigenvalue weighted by molar-refractivity contribution is -0.0542. The molecule has 1 N–H and O–H groups in total. The van der Waals surface area contributed by atoms with Crippen LogP contribution in [0.15, 0.2) is 18.2 Å². The van der Waals surface area contributed by atoms with Crippen molar-refractivity contribution in [1.82, 2.24) is 5.32 Å². The van der Waals surface area contributed by atoms with Crippen molar-refractivity contribution in [3.8, 4) is 17.2 Å². The van der Waals surface area contributed by atoms with Crippen LogP contribution in [0.1, 0.15) is 27.2 Å². The number of hydrogen-bond donors (Lipinski definition) is 1. The number of nitrogens with one attached hydrogen (secondary N) is 1. The highest BCUT2D eigenvalue weighted by Crippen LogP contribution is 2.43. The molecule has 0 aromatic heterocycles. The first-order chi connectivity index (χ1) is 9.51. The monoisotopic (exact) mass is 279 g/mol. The summed E-state index contributed by atoms with van der Waals surface area (Å²) in [5.74, 6) is 2.30. The van der Waals surface area contributed by atoms with Gasteiger partial charge in [-0.05, 0) is 6.54 Å². The number of benzene rings is 1. The van der Waals surface area contributed by atoms with Gasteiger partial charge in [0.1, 0.15) is 23.4 Å². The zero-order chi connectivity index (χ0) is 14.8. The summed E-state index contributed by atoms with van der Waals surface area (Å²) in [7, 11) is 3.29. The standard InChI is InChI=1S/C16H25NO3/c1-6-17-14-10-15(16(14,2)3)20-13-8-11(18-4)7-12(9-13)19-5/h7-9,14-15,17H,6,10H2,1-5H3. The van der Waals surface area contributed by atoms with Gasteiger partial charge in [0, 0.05) is 36.1 Å². The van der Waals surface area contributed by atoms with E-state index in [-0.39, 0.29) is 11.5 Å². The molecule has 0 saturated heterocycles. The Morgan fingerprint density at radius 2 is 1.65 bits per heavy atom. The van der Waals surface area contributed by atoms with E-state index >= 15 is 0 Å². The Bertz CT molecular complexity index is 437. The first-order valence-electron chi connectivity index (χ1n) is 7.14. The molecule has 1 aliphatic carbocycles. The van der Waals surface area contributed by atoms with Gasteiger partial charge < -0.3 is 19.5 Å². The molecule has 1 aliphatic rings. The van der Waals surface area contributed by atoms with E-state index in [2.05, 4.69) is 26.1 Å². The molecule has 4 heteroatoms. The van der Waals surface area contributed by atoms with E-state index in [1.165, 1.54) is 0 Å². The van der Waals surface area contributed by atoms with Crippen LogP contribution in [0.3, 0.4) is 0 Å². The molecule has 0 aliphatic heterocycles. The van der Waals surface area contributed by atoms with E-state index < -0.39 is 0 Å². The van der Waals surface area contributed by atoms with Crippen molar-refractivity contribution in [3.05, 3.63) is 18.2 Å². The van der Waals surface area contributed by atoms with Gasteiger partial charge in [-0.25, -0.2) is 0 Å². The fourth-order valence-electron chi connectivity index (χ4n) is 2.69. The first-order valence-corrected chi connectivity index (χ1v) is 7.14. The second kappa shape index (κ2) is 5.92. The summed E-state index contributed by atoms with van der Waals surface area (Å²) in [6, 6.07) is 6.17. The maximum absolute atomic E-state index is 6.13. The van der Waals surface area contributed by atoms with Crippen molar-refractivity contribution in [2.75, 3.05) is 20.8 Å². The molecule has 1 aromatic rings. The van der Waals surface area contributed by atoms with Gasteiger partial charge in [-0.1, -0.05) is 20.8 Å². The SMILES string of the molecule is CCNC1CC(Oc2cc(OC)cc(OC)c2)C1(C)C. The van der Waals surface area contributed by atoms with Crippen LogP contribution in [0, 0.1) is 5.41 Å². The number of ether oxygens (including phenoxy) is 3. The molecule has 2 unspecified atom stereocenters. The number of hydrogen-bond acceptors (Lipinski definition) is 4. The third-order valence-corrected chi connectivity index (χ3v) is 4.23. The van der Waals surface area contributed by atoms with Gasteiger partial charge in [-0.15, -0.1) is 0 Å². The lowest BCUT2D eigenvalue weighted by Crippen LogP contribution is -2.62. The quantitative estimate of drug-likeness (QED) is 0.869. The minimum absolute atomic E-state index is 0.131. The van der Waals surface area contributed by atoms with Crippen LogP contribution in [-0.4, -0.2) is 32.9 Å². The van der Waals surface area contributed by atoms with Crippen LogP contribution in [0.5, 0.6) is 17.2 Å². The summed E-state index contributed by atoms with van der Waals surface area (Å²) in [6.07, 6.45) is 1.24. The average Bonchev–Trinajstić information content (AvgIpc) is 2.45. The molecule has 2 atom stereocenters. The second-order valence-corrected chi connectivity index (χ2v) is 5.82. The van der Waals surface area contributed by atoms with E-state index in [1.807, 2.05) is 18.2 Å². The van der Waals surface area contributed by atoms with Crippen LogP contribution in [0.4, 0.5) is 0 Å². The van der Waals surface area contributed by atoms with Crippen LogP contribution in [-0.2, 0) is 0 Å². The van der Waals surface area contributed by atoms with E-state index in [4.69, 9.17) is 14.2 Å². The molecule has 4 nitrogen and oxygen atoms in total. The fraction of sp³-hybridized carbons (Fsp3) is 0.625. The van der Waals surface area contributed by atoms with Gasteiger partial charge in [-0.2, -0.15) is 0 Å². The maximum Gasteiger partial charge on any atom is 0.127 e. The van der Waals surface area contributed by atoms with E-state index in [0.29, 0.717) is 6.04 Å². The molecule has 2 rings (SSSR count). The highest BCUT2D eigenvalue weighted by molar-refractivity contribution is 5.42. The number of rotatable bonds is 6. The molecule has 0 bridgehead atoms. The lowest BCUT2D eigenvalue weighted by Gasteiger charge is -2.51. The zero-order valence-electron chi connectivity index (χ0n) is 13.0. The van der Waals surface area contributed by atoms with Gasteiger partial charge in [-0.3, -0.25) is 0 Å². The Morgan fingerprint density at radius 3 is 2.10 bits per heavy atom. The minimum Gasteiger partial charge on any atom is -0.496 e. The van der Waals surface area contributed by atoms with E-state index in [1.54, 1.807) is 14.2 Å². The van der Waals surface area contributed by atoms with Gasteiger partial charge in [0.05, 0.1) is 14.2 Å². The lowest BCUT2D eigenvalue weighted by atomic mass is 9.64. The van der Waals surface area contributed by atoms with Crippen LogP contribution >= 0.6 is 0 Å². The third kappa shape index (κ3) is 2.85. The highest BCUT2D eigenvalue weighted by atomic mass is 16.5. The van der Waals surface area contributed by atoms with Gasteiger partial charge >= 0.3 is 0 Å². The van der Waals surface area contributed by atoms with Crippen molar-refractivity contribution >= 4 is 0 Å². The Balaban J connectivity index is 2.07. The average molecular weight is 279 g/mol. The van der Waals surface area contributed by atoms with Crippen LogP contribution in [0.2, 0.25) is 0 Å². The van der Waals surface area contributed by atoms with Gasteiger partial charge in [0.25, 0.3) is 0 Å². The summed E-state index contributed by atoms with van der Waals surface area (Å²) >= 11 is 0. The molecular formula is C16H25NO3. The van der Waals surface area contributed by atoms with E-state index in [0.717, 1.165) is 30.2 Å². The molecule has 0 radical (unpaired) electrons.